The lowest BCUT2D eigenvalue weighted by atomic mass is 9.70. The minimum atomic E-state index is -0.473. The van der Waals surface area contributed by atoms with E-state index >= 15 is 0 Å². The van der Waals surface area contributed by atoms with E-state index in [9.17, 15) is 0 Å². The number of nitrogens with zero attached hydrogens (tertiary/aromatic N) is 2. The molecule has 1 spiro atoms. The van der Waals surface area contributed by atoms with Crippen molar-refractivity contribution >= 4 is 43.4 Å². The summed E-state index contributed by atoms with van der Waals surface area (Å²) >= 11 is 0. The van der Waals surface area contributed by atoms with Crippen molar-refractivity contribution in [1.82, 2.24) is 9.97 Å². The van der Waals surface area contributed by atoms with Gasteiger partial charge in [-0.25, -0.2) is 4.98 Å². The third kappa shape index (κ3) is 3.23. The quantitative estimate of drug-likeness (QED) is 0.163. The van der Waals surface area contributed by atoms with Gasteiger partial charge in [0.15, 0.2) is 0 Å². The van der Waals surface area contributed by atoms with Crippen LogP contribution in [0.1, 0.15) is 22.3 Å². The Morgan fingerprint density at radius 1 is 0.358 bits per heavy atom. The number of rotatable bonds is 1. The highest BCUT2D eigenvalue weighted by atomic mass is 14.8. The highest BCUT2D eigenvalue weighted by Gasteiger charge is 2.53. The number of benzene rings is 9. The molecule has 242 valence electrons. The molecule has 0 bridgehead atoms. The summed E-state index contributed by atoms with van der Waals surface area (Å²) in [5, 5.41) is 7.23. The van der Waals surface area contributed by atoms with Crippen molar-refractivity contribution in [3.8, 4) is 55.8 Å². The smallest absolute Gasteiger partial charge is 0.0979 e. The van der Waals surface area contributed by atoms with Gasteiger partial charge in [0.05, 0.1) is 28.3 Å². The van der Waals surface area contributed by atoms with Crippen LogP contribution in [-0.2, 0) is 5.41 Å². The fraction of sp³-hybridized carbons (Fsp3) is 0.0196. The predicted octanol–water partition coefficient (Wildman–Crippen LogP) is 12.7. The summed E-state index contributed by atoms with van der Waals surface area (Å²) in [6.45, 7) is 0. The predicted molar refractivity (Wildman–Crippen MR) is 218 cm³/mol. The molecule has 53 heavy (non-hydrogen) atoms. The summed E-state index contributed by atoms with van der Waals surface area (Å²) < 4.78 is 0. The SMILES string of the molecule is c1ccc2c(c1)-c1ccccc1C21c2ccccc2-c2c1cc1c(c2-c2cnc3c4ccccc4c4ccccc4c3n2)-c2cccc3cccc-1c23. The van der Waals surface area contributed by atoms with Gasteiger partial charge in [0.1, 0.15) is 0 Å². The minimum absolute atomic E-state index is 0.473. The summed E-state index contributed by atoms with van der Waals surface area (Å²) in [5.74, 6) is 0. The van der Waals surface area contributed by atoms with Gasteiger partial charge in [0.2, 0.25) is 0 Å². The van der Waals surface area contributed by atoms with Crippen LogP contribution < -0.4 is 0 Å². The Kier molecular flexibility index (Phi) is 5.08. The highest BCUT2D eigenvalue weighted by molar-refractivity contribution is 6.24. The van der Waals surface area contributed by atoms with Gasteiger partial charge in [0, 0.05) is 21.9 Å². The standard InChI is InChI=1S/C51H28N2/c1-3-19-35-30(15-1)31-16-2-4-20-36(31)50-49(35)52-28-44(53-50)48-46-38-23-12-14-29-13-11-22-34(45(29)38)39(46)27-43-47(48)37-21-7-10-26-42(37)51(43)40-24-8-5-17-32(40)33-18-6-9-25-41(33)51/h1-28H. The molecule has 0 N–H and O–H groups in total. The second-order valence-corrected chi connectivity index (χ2v) is 14.7. The molecule has 3 aliphatic rings. The molecule has 3 aliphatic carbocycles. The van der Waals surface area contributed by atoms with Crippen molar-refractivity contribution in [2.45, 2.75) is 5.41 Å². The fourth-order valence-electron chi connectivity index (χ4n) is 10.5. The van der Waals surface area contributed by atoms with Crippen LogP contribution in [0.2, 0.25) is 0 Å². The second kappa shape index (κ2) is 9.70. The van der Waals surface area contributed by atoms with Gasteiger partial charge in [0.25, 0.3) is 0 Å². The normalized spacial score (nSPS) is 13.8. The van der Waals surface area contributed by atoms with Crippen molar-refractivity contribution in [3.05, 3.63) is 192 Å². The number of aromatic nitrogens is 2. The maximum absolute atomic E-state index is 5.72. The van der Waals surface area contributed by atoms with Crippen LogP contribution >= 0.6 is 0 Å². The van der Waals surface area contributed by atoms with Crippen LogP contribution in [0.25, 0.3) is 99.1 Å². The first-order valence-electron chi connectivity index (χ1n) is 18.4. The van der Waals surface area contributed by atoms with Crippen molar-refractivity contribution in [2.24, 2.45) is 0 Å². The molecule has 13 rings (SSSR count). The van der Waals surface area contributed by atoms with Crippen LogP contribution in [0, 0.1) is 0 Å². The molecule has 0 amide bonds. The Morgan fingerprint density at radius 3 is 1.57 bits per heavy atom. The van der Waals surface area contributed by atoms with Crippen LogP contribution in [0.3, 0.4) is 0 Å². The summed E-state index contributed by atoms with van der Waals surface area (Å²) in [5.41, 5.74) is 19.0. The molecule has 2 heteroatoms. The van der Waals surface area contributed by atoms with E-state index in [4.69, 9.17) is 9.97 Å². The Morgan fingerprint density at radius 2 is 0.887 bits per heavy atom. The number of fused-ring (bicyclic) bond motifs is 19. The molecule has 2 nitrogen and oxygen atoms in total. The molecule has 0 aliphatic heterocycles. The molecule has 0 fully saturated rings. The van der Waals surface area contributed by atoms with Crippen LogP contribution in [0.15, 0.2) is 170 Å². The highest BCUT2D eigenvalue weighted by Crippen LogP contribution is 2.67. The molecule has 9 aromatic carbocycles. The summed E-state index contributed by atoms with van der Waals surface area (Å²) in [7, 11) is 0. The molecule has 1 heterocycles. The average Bonchev–Trinajstić information content (AvgIpc) is 3.83. The van der Waals surface area contributed by atoms with Crippen LogP contribution in [0.5, 0.6) is 0 Å². The first kappa shape index (κ1) is 27.8. The number of hydrogen-bond acceptors (Lipinski definition) is 2. The third-order valence-corrected chi connectivity index (χ3v) is 12.4. The monoisotopic (exact) mass is 668 g/mol. The third-order valence-electron chi connectivity index (χ3n) is 12.4. The zero-order valence-electron chi connectivity index (χ0n) is 28.6. The zero-order chi connectivity index (χ0) is 34.4. The molecule has 0 radical (unpaired) electrons. The Labute approximate surface area is 305 Å². The van der Waals surface area contributed by atoms with Gasteiger partial charge in [-0.1, -0.05) is 158 Å². The first-order valence-corrected chi connectivity index (χ1v) is 18.4. The van der Waals surface area contributed by atoms with Gasteiger partial charge in [-0.05, 0) is 88.8 Å². The molecule has 0 atom stereocenters. The fourth-order valence-corrected chi connectivity index (χ4v) is 10.5. The summed E-state index contributed by atoms with van der Waals surface area (Å²) in [4.78, 5) is 11.1. The molecular weight excluding hydrogens is 641 g/mol. The van der Waals surface area contributed by atoms with E-state index < -0.39 is 5.41 Å². The van der Waals surface area contributed by atoms with Crippen molar-refractivity contribution in [3.63, 3.8) is 0 Å². The van der Waals surface area contributed by atoms with Crippen molar-refractivity contribution < 1.29 is 0 Å². The van der Waals surface area contributed by atoms with E-state index in [-0.39, 0.29) is 0 Å². The lowest BCUT2D eigenvalue weighted by Gasteiger charge is -2.31. The van der Waals surface area contributed by atoms with Gasteiger partial charge >= 0.3 is 0 Å². The van der Waals surface area contributed by atoms with E-state index in [1.807, 2.05) is 6.20 Å². The maximum Gasteiger partial charge on any atom is 0.0979 e. The van der Waals surface area contributed by atoms with E-state index in [1.165, 1.54) is 93.9 Å². The Hall–Kier alpha value is -6.90. The second-order valence-electron chi connectivity index (χ2n) is 14.7. The average molecular weight is 669 g/mol. The van der Waals surface area contributed by atoms with Gasteiger partial charge in [-0.2, -0.15) is 0 Å². The van der Waals surface area contributed by atoms with E-state index in [2.05, 4.69) is 164 Å². The molecule has 1 aromatic heterocycles. The van der Waals surface area contributed by atoms with Gasteiger partial charge in [-0.3, -0.25) is 4.98 Å². The van der Waals surface area contributed by atoms with Crippen molar-refractivity contribution in [1.29, 1.82) is 0 Å². The lowest BCUT2D eigenvalue weighted by Crippen LogP contribution is -2.26. The topological polar surface area (TPSA) is 25.8 Å². The first-order chi connectivity index (χ1) is 26.3. The zero-order valence-corrected chi connectivity index (χ0v) is 28.6. The van der Waals surface area contributed by atoms with Crippen molar-refractivity contribution in [2.75, 3.05) is 0 Å². The molecule has 0 saturated carbocycles. The van der Waals surface area contributed by atoms with Gasteiger partial charge in [-0.15, -0.1) is 0 Å². The summed E-state index contributed by atoms with van der Waals surface area (Å²) in [6.07, 6.45) is 2.05. The Bertz CT molecular complexity index is 3210. The minimum Gasteiger partial charge on any atom is -0.252 e. The summed E-state index contributed by atoms with van der Waals surface area (Å²) in [6, 6.07) is 60.6. The molecule has 0 unspecified atom stereocenters. The molecular formula is C51H28N2. The van der Waals surface area contributed by atoms with E-state index in [0.29, 0.717) is 0 Å². The molecule has 0 saturated heterocycles. The van der Waals surface area contributed by atoms with Gasteiger partial charge < -0.3 is 0 Å². The number of hydrogen-bond donors (Lipinski definition) is 0. The molecule has 10 aromatic rings. The largest absolute Gasteiger partial charge is 0.252 e. The maximum atomic E-state index is 5.72. The van der Waals surface area contributed by atoms with Crippen LogP contribution in [-0.4, -0.2) is 9.97 Å². The van der Waals surface area contributed by atoms with Crippen LogP contribution in [0.4, 0.5) is 0 Å². The Balaban J connectivity index is 1.25. The lowest BCUT2D eigenvalue weighted by molar-refractivity contribution is 0.794. The van der Waals surface area contributed by atoms with E-state index in [0.717, 1.165) is 27.5 Å². The van der Waals surface area contributed by atoms with E-state index in [1.54, 1.807) is 0 Å².